The molecular weight excluding hydrogens is 290 g/mol. The maximum absolute atomic E-state index is 6.00. The molecular formula is C18H23N3O2. The molecule has 23 heavy (non-hydrogen) atoms. The van der Waals surface area contributed by atoms with E-state index in [0.717, 1.165) is 37.8 Å². The average molecular weight is 313 g/mol. The van der Waals surface area contributed by atoms with Gasteiger partial charge in [0.05, 0.1) is 18.8 Å². The van der Waals surface area contributed by atoms with E-state index in [2.05, 4.69) is 36.1 Å². The van der Waals surface area contributed by atoms with Crippen molar-refractivity contribution in [3.8, 4) is 11.5 Å². The lowest BCUT2D eigenvalue weighted by atomic mass is 9.87. The van der Waals surface area contributed by atoms with Crippen LogP contribution in [0.4, 0.5) is 0 Å². The zero-order chi connectivity index (χ0) is 16.0. The molecule has 1 fully saturated rings. The van der Waals surface area contributed by atoms with Gasteiger partial charge in [-0.25, -0.2) is 0 Å². The summed E-state index contributed by atoms with van der Waals surface area (Å²) in [7, 11) is 1.95. The second-order valence-electron chi connectivity index (χ2n) is 7.25. The Morgan fingerprint density at radius 1 is 1.39 bits per heavy atom. The van der Waals surface area contributed by atoms with Gasteiger partial charge in [-0.15, -0.1) is 0 Å². The fourth-order valence-corrected chi connectivity index (χ4v) is 3.15. The largest absolute Gasteiger partial charge is 0.492 e. The highest BCUT2D eigenvalue weighted by atomic mass is 16.5. The molecule has 0 radical (unpaired) electrons. The van der Waals surface area contributed by atoms with E-state index in [1.165, 1.54) is 11.1 Å². The number of ether oxygens (including phenoxy) is 2. The van der Waals surface area contributed by atoms with E-state index in [9.17, 15) is 0 Å². The van der Waals surface area contributed by atoms with Gasteiger partial charge < -0.3 is 9.47 Å². The molecule has 0 N–H and O–H groups in total. The van der Waals surface area contributed by atoms with Crippen molar-refractivity contribution in [3.05, 3.63) is 41.7 Å². The first-order valence-electron chi connectivity index (χ1n) is 8.13. The summed E-state index contributed by atoms with van der Waals surface area (Å²) in [6.07, 6.45) is 4.00. The number of hydrogen-bond acceptors (Lipinski definition) is 4. The lowest BCUT2D eigenvalue weighted by Crippen LogP contribution is -2.18. The van der Waals surface area contributed by atoms with Crippen LogP contribution in [0.5, 0.6) is 11.5 Å². The summed E-state index contributed by atoms with van der Waals surface area (Å²) >= 11 is 0. The van der Waals surface area contributed by atoms with Gasteiger partial charge in [0.15, 0.2) is 0 Å². The summed E-state index contributed by atoms with van der Waals surface area (Å²) in [5, 5.41) is 4.21. The average Bonchev–Trinajstić information content (AvgIpc) is 3.01. The lowest BCUT2D eigenvalue weighted by molar-refractivity contribution is 0.291. The minimum absolute atomic E-state index is 0.0701. The first kappa shape index (κ1) is 14.6. The summed E-state index contributed by atoms with van der Waals surface area (Å²) in [6, 6.07) is 6.68. The fraction of sp³-hybridized carbons (Fsp3) is 0.500. The molecule has 1 aromatic heterocycles. The smallest absolute Gasteiger partial charge is 0.123 e. The highest BCUT2D eigenvalue weighted by molar-refractivity contribution is 5.47. The zero-order valence-electron chi connectivity index (χ0n) is 14.0. The Balaban J connectivity index is 1.33. The minimum Gasteiger partial charge on any atom is -0.492 e. The molecule has 0 aliphatic carbocycles. The standard InChI is InChI=1S/C18H23N3O2/c1-18(2)12-23-17-5-4-15(6-16(17)18)22-11-14-10-21(14)9-13-7-19-20(3)8-13/h4-8,14H,9-12H2,1-3H3. The monoisotopic (exact) mass is 313 g/mol. The molecule has 1 aromatic carbocycles. The van der Waals surface area contributed by atoms with E-state index in [1.807, 2.05) is 30.1 Å². The van der Waals surface area contributed by atoms with Crippen molar-refractivity contribution in [2.75, 3.05) is 19.8 Å². The SMILES string of the molecule is Cn1cc(CN2CC2COc2ccc3c(c2)C(C)(C)CO3)cn1. The van der Waals surface area contributed by atoms with Crippen molar-refractivity contribution in [2.45, 2.75) is 31.8 Å². The van der Waals surface area contributed by atoms with Crippen molar-refractivity contribution in [2.24, 2.45) is 7.05 Å². The van der Waals surface area contributed by atoms with Crippen molar-refractivity contribution in [1.29, 1.82) is 0 Å². The van der Waals surface area contributed by atoms with Gasteiger partial charge in [-0.1, -0.05) is 13.8 Å². The van der Waals surface area contributed by atoms with Crippen molar-refractivity contribution >= 4 is 0 Å². The van der Waals surface area contributed by atoms with Crippen LogP contribution in [-0.4, -0.2) is 40.5 Å². The normalized spacial score (nSPS) is 24.1. The molecule has 0 bridgehead atoms. The third-order valence-electron chi connectivity index (χ3n) is 4.68. The predicted octanol–water partition coefficient (Wildman–Crippen LogP) is 2.35. The van der Waals surface area contributed by atoms with Crippen LogP contribution in [0.15, 0.2) is 30.6 Å². The van der Waals surface area contributed by atoms with Crippen LogP contribution in [0.1, 0.15) is 25.0 Å². The molecule has 0 spiro atoms. The molecule has 0 saturated carbocycles. The molecule has 5 nitrogen and oxygen atoms in total. The molecule has 2 atom stereocenters. The number of hydrogen-bond donors (Lipinski definition) is 0. The first-order chi connectivity index (χ1) is 11.0. The molecule has 122 valence electrons. The minimum atomic E-state index is 0.0701. The van der Waals surface area contributed by atoms with Crippen LogP contribution in [-0.2, 0) is 19.0 Å². The Morgan fingerprint density at radius 2 is 2.26 bits per heavy atom. The Kier molecular flexibility index (Phi) is 3.34. The molecule has 3 heterocycles. The number of benzene rings is 1. The third kappa shape index (κ3) is 2.93. The number of aromatic nitrogens is 2. The summed E-state index contributed by atoms with van der Waals surface area (Å²) in [5.41, 5.74) is 2.57. The molecule has 2 aliphatic heterocycles. The van der Waals surface area contributed by atoms with Gasteiger partial charge in [0.1, 0.15) is 18.1 Å². The molecule has 5 heteroatoms. The van der Waals surface area contributed by atoms with Crippen LogP contribution in [0, 0.1) is 0 Å². The van der Waals surface area contributed by atoms with Gasteiger partial charge in [0.2, 0.25) is 0 Å². The van der Waals surface area contributed by atoms with E-state index in [0.29, 0.717) is 6.04 Å². The third-order valence-corrected chi connectivity index (χ3v) is 4.68. The number of fused-ring (bicyclic) bond motifs is 1. The highest BCUT2D eigenvalue weighted by Crippen LogP contribution is 2.40. The number of rotatable bonds is 5. The van der Waals surface area contributed by atoms with Crippen molar-refractivity contribution in [3.63, 3.8) is 0 Å². The number of nitrogens with zero attached hydrogens (tertiary/aromatic N) is 3. The first-order valence-corrected chi connectivity index (χ1v) is 8.13. The molecule has 2 aromatic rings. The van der Waals surface area contributed by atoms with Gasteiger partial charge in [-0.3, -0.25) is 9.58 Å². The molecule has 2 aliphatic rings. The molecule has 4 rings (SSSR count). The maximum atomic E-state index is 6.00. The second-order valence-corrected chi connectivity index (χ2v) is 7.25. The van der Waals surface area contributed by atoms with E-state index in [4.69, 9.17) is 9.47 Å². The fourth-order valence-electron chi connectivity index (χ4n) is 3.15. The van der Waals surface area contributed by atoms with Gasteiger partial charge >= 0.3 is 0 Å². The number of aryl methyl sites for hydroxylation is 1. The van der Waals surface area contributed by atoms with Crippen LogP contribution in [0.25, 0.3) is 0 Å². The Morgan fingerprint density at radius 3 is 3.04 bits per heavy atom. The van der Waals surface area contributed by atoms with Crippen LogP contribution < -0.4 is 9.47 Å². The highest BCUT2D eigenvalue weighted by Gasteiger charge is 2.35. The van der Waals surface area contributed by atoms with Crippen molar-refractivity contribution in [1.82, 2.24) is 14.7 Å². The summed E-state index contributed by atoms with van der Waals surface area (Å²) < 4.78 is 13.6. The van der Waals surface area contributed by atoms with Crippen LogP contribution >= 0.6 is 0 Å². The Hall–Kier alpha value is -2.01. The van der Waals surface area contributed by atoms with Gasteiger partial charge in [0.25, 0.3) is 0 Å². The topological polar surface area (TPSA) is 39.3 Å². The molecule has 1 saturated heterocycles. The maximum Gasteiger partial charge on any atom is 0.123 e. The second kappa shape index (κ2) is 5.27. The molecule has 0 amide bonds. The lowest BCUT2D eigenvalue weighted by Gasteiger charge is -2.16. The quantitative estimate of drug-likeness (QED) is 0.795. The van der Waals surface area contributed by atoms with Crippen LogP contribution in [0.2, 0.25) is 0 Å². The van der Waals surface area contributed by atoms with E-state index < -0.39 is 0 Å². The Labute approximate surface area is 136 Å². The van der Waals surface area contributed by atoms with Crippen molar-refractivity contribution < 1.29 is 9.47 Å². The van der Waals surface area contributed by atoms with E-state index in [-0.39, 0.29) is 5.41 Å². The van der Waals surface area contributed by atoms with Gasteiger partial charge in [-0.05, 0) is 18.2 Å². The van der Waals surface area contributed by atoms with Crippen LogP contribution in [0.3, 0.4) is 0 Å². The van der Waals surface area contributed by atoms with E-state index >= 15 is 0 Å². The van der Waals surface area contributed by atoms with Gasteiger partial charge in [0, 0.05) is 42.9 Å². The summed E-state index contributed by atoms with van der Waals surface area (Å²) in [5.74, 6) is 1.93. The van der Waals surface area contributed by atoms with Gasteiger partial charge in [-0.2, -0.15) is 5.10 Å². The summed E-state index contributed by atoms with van der Waals surface area (Å²) in [4.78, 5) is 2.40. The summed E-state index contributed by atoms with van der Waals surface area (Å²) in [6.45, 7) is 7.94. The Bertz CT molecular complexity index is 723. The molecule has 2 unspecified atom stereocenters. The zero-order valence-corrected chi connectivity index (χ0v) is 14.0. The van der Waals surface area contributed by atoms with E-state index in [1.54, 1.807) is 0 Å². The predicted molar refractivity (Wildman–Crippen MR) is 87.9 cm³/mol.